The molecule has 0 saturated carbocycles. The van der Waals surface area contributed by atoms with Gasteiger partial charge in [-0.2, -0.15) is 0 Å². The second kappa shape index (κ2) is 15.7. The van der Waals surface area contributed by atoms with Gasteiger partial charge in [0.2, 0.25) is 0 Å². The van der Waals surface area contributed by atoms with E-state index in [9.17, 15) is 19.5 Å². The number of hydroxylamine groups is 2. The molecule has 0 aromatic rings. The lowest BCUT2D eigenvalue weighted by Crippen LogP contribution is -2.38. The van der Waals surface area contributed by atoms with Gasteiger partial charge in [0.1, 0.15) is 0 Å². The number of rotatable bonds is 15. The number of ether oxygens (including phenoxy) is 3. The molecule has 0 aromatic carbocycles. The van der Waals surface area contributed by atoms with Crippen LogP contribution < -0.4 is 0 Å². The predicted molar refractivity (Wildman–Crippen MR) is 135 cm³/mol. The molecule has 37 heavy (non-hydrogen) atoms. The number of aliphatic hydroxyl groups excluding tert-OH is 1. The summed E-state index contributed by atoms with van der Waals surface area (Å²) >= 11 is 0. The van der Waals surface area contributed by atoms with Crippen LogP contribution in [-0.2, 0) is 33.4 Å². The Morgan fingerprint density at radius 1 is 0.973 bits per heavy atom. The Morgan fingerprint density at radius 3 is 2.46 bits per heavy atom. The smallest absolute Gasteiger partial charge is 0.333 e. The van der Waals surface area contributed by atoms with Crippen molar-refractivity contribution in [3.8, 4) is 0 Å². The Morgan fingerprint density at radius 2 is 1.73 bits per heavy atom. The third-order valence-electron chi connectivity index (χ3n) is 7.28. The number of carbonyl (C=O) groups excluding carboxylic acids is 3. The molecule has 0 aromatic heterocycles. The van der Waals surface area contributed by atoms with Gasteiger partial charge in [0.05, 0.1) is 31.0 Å². The highest BCUT2D eigenvalue weighted by molar-refractivity contribution is 6.01. The quantitative estimate of drug-likeness (QED) is 0.254. The molecule has 3 rings (SSSR count). The van der Waals surface area contributed by atoms with E-state index >= 15 is 0 Å². The first-order valence-electron chi connectivity index (χ1n) is 14.2. The summed E-state index contributed by atoms with van der Waals surface area (Å²) in [6, 6.07) is 0. The first-order valence-corrected chi connectivity index (χ1v) is 14.2. The molecule has 0 radical (unpaired) electrons. The summed E-state index contributed by atoms with van der Waals surface area (Å²) in [5, 5.41) is 10.6. The molecule has 10 nitrogen and oxygen atoms in total. The number of hydrogen-bond acceptors (Lipinski definition) is 9. The zero-order chi connectivity index (χ0) is 26.6. The highest BCUT2D eigenvalue weighted by Gasteiger charge is 2.32. The number of unbranched alkanes of at least 4 members (excludes halogenated alkanes) is 2. The molecule has 0 aliphatic carbocycles. The third kappa shape index (κ3) is 11.0. The summed E-state index contributed by atoms with van der Waals surface area (Å²) in [6.45, 7) is 7.24. The lowest BCUT2D eigenvalue weighted by Gasteiger charge is -2.32. The van der Waals surface area contributed by atoms with Crippen molar-refractivity contribution in [3.63, 3.8) is 0 Å². The fourth-order valence-corrected chi connectivity index (χ4v) is 5.27. The van der Waals surface area contributed by atoms with Gasteiger partial charge in [-0.05, 0) is 78.3 Å². The van der Waals surface area contributed by atoms with Crippen LogP contribution in [0.1, 0.15) is 97.3 Å². The second-order valence-electron chi connectivity index (χ2n) is 10.7. The van der Waals surface area contributed by atoms with E-state index in [0.29, 0.717) is 43.1 Å². The van der Waals surface area contributed by atoms with E-state index < -0.39 is 17.8 Å². The fraction of sp³-hybridized carbons (Fsp3) is 0.889. The number of nitrogens with zero attached hydrogens (tertiary/aromatic N) is 2. The largest absolute Gasteiger partial charge is 0.393 e. The fourth-order valence-electron chi connectivity index (χ4n) is 5.27. The second-order valence-corrected chi connectivity index (χ2v) is 10.7. The molecular weight excluding hydrogens is 480 g/mol. The Bertz CT molecular complexity index is 709. The summed E-state index contributed by atoms with van der Waals surface area (Å²) in [6.07, 6.45) is 9.51. The summed E-state index contributed by atoms with van der Waals surface area (Å²) < 4.78 is 17.8. The number of amides is 2. The SMILES string of the molecule is C[C@@H]1C[C@H](O)C[C@H](OCCN(CCCCCC(=O)ON2C(=O)CCC2=O)CCC[C@H]2CCC[C@H](C)O2)O1. The molecule has 212 valence electrons. The molecule has 3 saturated heterocycles. The van der Waals surface area contributed by atoms with Gasteiger partial charge in [0, 0.05) is 32.2 Å². The van der Waals surface area contributed by atoms with Crippen LogP contribution in [0.5, 0.6) is 0 Å². The van der Waals surface area contributed by atoms with Crippen molar-refractivity contribution in [1.82, 2.24) is 9.96 Å². The lowest BCUT2D eigenvalue weighted by atomic mass is 10.0. The van der Waals surface area contributed by atoms with Crippen molar-refractivity contribution < 1.29 is 38.5 Å². The van der Waals surface area contributed by atoms with Crippen molar-refractivity contribution in [3.05, 3.63) is 0 Å². The summed E-state index contributed by atoms with van der Waals surface area (Å²) in [7, 11) is 0. The Kier molecular flexibility index (Phi) is 12.7. The molecule has 3 aliphatic rings. The van der Waals surface area contributed by atoms with Gasteiger partial charge in [-0.1, -0.05) is 6.42 Å². The van der Waals surface area contributed by atoms with Crippen molar-refractivity contribution in [2.75, 3.05) is 26.2 Å². The molecule has 5 atom stereocenters. The van der Waals surface area contributed by atoms with Gasteiger partial charge in [-0.3, -0.25) is 9.59 Å². The van der Waals surface area contributed by atoms with Gasteiger partial charge >= 0.3 is 5.97 Å². The van der Waals surface area contributed by atoms with Crippen LogP contribution in [0.25, 0.3) is 0 Å². The molecule has 0 unspecified atom stereocenters. The Balaban J connectivity index is 1.35. The van der Waals surface area contributed by atoms with Gasteiger partial charge < -0.3 is 29.1 Å². The number of imide groups is 1. The molecule has 0 spiro atoms. The Labute approximate surface area is 220 Å². The average molecular weight is 527 g/mol. The number of hydrogen-bond donors (Lipinski definition) is 1. The number of carbonyl (C=O) groups is 3. The lowest BCUT2D eigenvalue weighted by molar-refractivity contribution is -0.211. The van der Waals surface area contributed by atoms with E-state index in [4.69, 9.17) is 19.0 Å². The zero-order valence-corrected chi connectivity index (χ0v) is 22.6. The normalized spacial score (nSPS) is 28.8. The minimum atomic E-state index is -0.542. The van der Waals surface area contributed by atoms with Crippen LogP contribution in [0.2, 0.25) is 0 Å². The Hall–Kier alpha value is -1.59. The summed E-state index contributed by atoms with van der Waals surface area (Å²) in [5.74, 6) is -1.45. The van der Waals surface area contributed by atoms with Crippen molar-refractivity contribution in [2.45, 2.75) is 128 Å². The van der Waals surface area contributed by atoms with Crippen molar-refractivity contribution >= 4 is 17.8 Å². The van der Waals surface area contributed by atoms with Gasteiger partial charge in [-0.15, -0.1) is 5.06 Å². The van der Waals surface area contributed by atoms with Crippen LogP contribution in [0.15, 0.2) is 0 Å². The average Bonchev–Trinajstić information content (AvgIpc) is 3.15. The highest BCUT2D eigenvalue weighted by atomic mass is 16.7. The standard InChI is InChI=1S/C27H46N2O8/c1-20-8-6-9-23(35-20)10-7-15-28(16-17-34-27-19-22(30)18-21(2)36-27)14-5-3-4-11-26(33)37-29-24(31)12-13-25(29)32/h20-23,27,30H,3-19H2,1-2H3/t20-,21+,22-,23+,27+/m0/s1. The predicted octanol–water partition coefficient (Wildman–Crippen LogP) is 3.10. The first-order chi connectivity index (χ1) is 17.8. The zero-order valence-electron chi connectivity index (χ0n) is 22.6. The van der Waals surface area contributed by atoms with Crippen LogP contribution in [-0.4, -0.2) is 89.8 Å². The van der Waals surface area contributed by atoms with E-state index in [1.807, 2.05) is 6.92 Å². The van der Waals surface area contributed by atoms with E-state index in [2.05, 4.69) is 11.8 Å². The van der Waals surface area contributed by atoms with E-state index in [1.54, 1.807) is 0 Å². The maximum Gasteiger partial charge on any atom is 0.333 e. The van der Waals surface area contributed by atoms with E-state index in [0.717, 1.165) is 58.2 Å². The highest BCUT2D eigenvalue weighted by Crippen LogP contribution is 2.22. The summed E-state index contributed by atoms with van der Waals surface area (Å²) in [4.78, 5) is 42.5. The molecular formula is C27H46N2O8. The first kappa shape index (κ1) is 30.0. The molecule has 2 amide bonds. The topological polar surface area (TPSA) is 115 Å². The number of aliphatic hydroxyl groups is 1. The van der Waals surface area contributed by atoms with Gasteiger partial charge in [0.15, 0.2) is 6.29 Å². The molecule has 0 bridgehead atoms. The molecule has 3 fully saturated rings. The van der Waals surface area contributed by atoms with Gasteiger partial charge in [-0.25, -0.2) is 4.79 Å². The monoisotopic (exact) mass is 526 g/mol. The van der Waals surface area contributed by atoms with Crippen LogP contribution in [0, 0.1) is 0 Å². The van der Waals surface area contributed by atoms with E-state index in [1.165, 1.54) is 6.42 Å². The third-order valence-corrected chi connectivity index (χ3v) is 7.28. The molecule has 3 heterocycles. The maximum absolute atomic E-state index is 12.0. The molecule has 1 N–H and O–H groups in total. The van der Waals surface area contributed by atoms with Gasteiger partial charge in [0.25, 0.3) is 11.8 Å². The minimum absolute atomic E-state index is 0.00358. The van der Waals surface area contributed by atoms with Crippen molar-refractivity contribution in [2.24, 2.45) is 0 Å². The van der Waals surface area contributed by atoms with Crippen molar-refractivity contribution in [1.29, 1.82) is 0 Å². The maximum atomic E-state index is 12.0. The van der Waals surface area contributed by atoms with Crippen LogP contribution >= 0.6 is 0 Å². The molecule has 3 aliphatic heterocycles. The molecule has 10 heteroatoms. The summed E-state index contributed by atoms with van der Waals surface area (Å²) in [5.41, 5.74) is 0. The van der Waals surface area contributed by atoms with Crippen LogP contribution in [0.4, 0.5) is 0 Å². The van der Waals surface area contributed by atoms with E-state index in [-0.39, 0.29) is 37.8 Å². The van der Waals surface area contributed by atoms with Crippen LogP contribution in [0.3, 0.4) is 0 Å². The minimum Gasteiger partial charge on any atom is -0.393 e.